The Morgan fingerprint density at radius 2 is 1.86 bits per heavy atom. The molecule has 0 atom stereocenters. The fourth-order valence-electron chi connectivity index (χ4n) is 2.55. The summed E-state index contributed by atoms with van der Waals surface area (Å²) < 4.78 is 30.3. The molecule has 0 saturated carbocycles. The molecule has 0 bridgehead atoms. The van der Waals surface area contributed by atoms with Crippen LogP contribution >= 0.6 is 11.3 Å². The molecule has 0 unspecified atom stereocenters. The van der Waals surface area contributed by atoms with Crippen molar-refractivity contribution in [3.63, 3.8) is 0 Å². The molecule has 0 aliphatic carbocycles. The van der Waals surface area contributed by atoms with Crippen LogP contribution in [0.3, 0.4) is 0 Å². The van der Waals surface area contributed by atoms with E-state index >= 15 is 0 Å². The largest absolute Gasteiger partial charge is 0.497 e. The van der Waals surface area contributed by atoms with Gasteiger partial charge in [0.1, 0.15) is 9.96 Å². The Labute approximate surface area is 134 Å². The smallest absolute Gasteiger partial charge is 0.210 e. The Balaban J connectivity index is 2.01. The van der Waals surface area contributed by atoms with Crippen molar-refractivity contribution in [2.45, 2.75) is 17.6 Å². The second kappa shape index (κ2) is 5.74. The van der Waals surface area contributed by atoms with Crippen LogP contribution in [0, 0.1) is 0 Å². The van der Waals surface area contributed by atoms with Gasteiger partial charge >= 0.3 is 0 Å². The molecule has 1 aromatic carbocycles. The molecule has 114 valence electrons. The second-order valence-electron chi connectivity index (χ2n) is 5.22. The Kier molecular flexibility index (Phi) is 3.93. The van der Waals surface area contributed by atoms with Crippen LogP contribution in [-0.2, 0) is 16.3 Å². The fourth-order valence-corrected chi connectivity index (χ4v) is 5.22. The van der Waals surface area contributed by atoms with E-state index in [-0.39, 0.29) is 0 Å². The van der Waals surface area contributed by atoms with Crippen LogP contribution in [0.1, 0.15) is 18.1 Å². The number of ether oxygens (including phenoxy) is 1. The number of rotatable bonds is 3. The summed E-state index contributed by atoms with van der Waals surface area (Å²) in [6, 6.07) is 9.73. The van der Waals surface area contributed by atoms with Gasteiger partial charge in [-0.25, -0.2) is 8.42 Å². The van der Waals surface area contributed by atoms with Gasteiger partial charge in [0.25, 0.3) is 0 Å². The number of methoxy groups -OCH3 is 1. The molecule has 0 saturated heterocycles. The lowest BCUT2D eigenvalue weighted by Crippen LogP contribution is -1.97. The maximum atomic E-state index is 12.3. The van der Waals surface area contributed by atoms with Gasteiger partial charge in [-0.05, 0) is 53.6 Å². The second-order valence-corrected chi connectivity index (χ2v) is 8.13. The molecule has 0 N–H and O–H groups in total. The summed E-state index contributed by atoms with van der Waals surface area (Å²) in [7, 11) is -1.70. The molecular weight excluding hydrogens is 316 g/mol. The number of thiophene rings is 1. The first-order valence-electron chi connectivity index (χ1n) is 6.84. The van der Waals surface area contributed by atoms with E-state index in [1.54, 1.807) is 7.11 Å². The molecule has 0 radical (unpaired) electrons. The average Bonchev–Trinajstić information content (AvgIpc) is 2.94. The third-order valence-electron chi connectivity index (χ3n) is 3.53. The highest BCUT2D eigenvalue weighted by atomic mass is 32.2. The number of benzene rings is 1. The van der Waals surface area contributed by atoms with Gasteiger partial charge < -0.3 is 4.74 Å². The van der Waals surface area contributed by atoms with Crippen LogP contribution in [0.2, 0.25) is 0 Å². The Morgan fingerprint density at radius 3 is 2.55 bits per heavy atom. The standard InChI is InChI=1S/C17H16O3S2/c1-12-9-14(10-13-3-5-15(20-2)6-4-13)16-7-8-21-17(16)22(18,19)11-12/h3-9,11H,10H2,1-2H3. The van der Waals surface area contributed by atoms with E-state index in [4.69, 9.17) is 4.74 Å². The van der Waals surface area contributed by atoms with Crippen LogP contribution in [-0.4, -0.2) is 15.5 Å². The lowest BCUT2D eigenvalue weighted by atomic mass is 9.98. The van der Waals surface area contributed by atoms with Crippen LogP contribution in [0.4, 0.5) is 0 Å². The normalized spacial score (nSPS) is 16.3. The minimum Gasteiger partial charge on any atom is -0.497 e. The maximum Gasteiger partial charge on any atom is 0.210 e. The Hall–Kier alpha value is -1.85. The minimum atomic E-state index is -3.34. The number of hydrogen-bond acceptors (Lipinski definition) is 4. The van der Waals surface area contributed by atoms with E-state index in [0.717, 1.165) is 28.0 Å². The number of sulfone groups is 1. The molecule has 1 aliphatic heterocycles. The van der Waals surface area contributed by atoms with Crippen molar-refractivity contribution in [3.05, 3.63) is 63.9 Å². The van der Waals surface area contributed by atoms with Gasteiger partial charge in [0, 0.05) is 11.0 Å². The molecular formula is C17H16O3S2. The molecule has 0 fully saturated rings. The van der Waals surface area contributed by atoms with Gasteiger partial charge in [0.15, 0.2) is 0 Å². The van der Waals surface area contributed by atoms with Crippen molar-refractivity contribution in [3.8, 4) is 5.75 Å². The summed E-state index contributed by atoms with van der Waals surface area (Å²) >= 11 is 1.27. The van der Waals surface area contributed by atoms with Crippen molar-refractivity contribution in [2.24, 2.45) is 0 Å². The monoisotopic (exact) mass is 332 g/mol. The molecule has 3 nitrogen and oxygen atoms in total. The summed E-state index contributed by atoms with van der Waals surface area (Å²) in [6.07, 6.45) is 2.65. The van der Waals surface area contributed by atoms with Crippen molar-refractivity contribution >= 4 is 26.7 Å². The van der Waals surface area contributed by atoms with Gasteiger partial charge in [0.2, 0.25) is 9.84 Å². The van der Waals surface area contributed by atoms with Crippen molar-refractivity contribution in [1.29, 1.82) is 0 Å². The van der Waals surface area contributed by atoms with E-state index in [9.17, 15) is 8.42 Å². The van der Waals surface area contributed by atoms with Crippen LogP contribution in [0.5, 0.6) is 5.75 Å². The summed E-state index contributed by atoms with van der Waals surface area (Å²) in [5.74, 6) is 0.813. The van der Waals surface area contributed by atoms with E-state index in [0.29, 0.717) is 10.6 Å². The molecule has 2 aromatic rings. The molecule has 2 heterocycles. The highest BCUT2D eigenvalue weighted by Crippen LogP contribution is 2.35. The molecule has 3 rings (SSSR count). The molecule has 5 heteroatoms. The predicted octanol–water partition coefficient (Wildman–Crippen LogP) is 4.07. The fraction of sp³-hybridized carbons (Fsp3) is 0.176. The van der Waals surface area contributed by atoms with Gasteiger partial charge in [-0.15, -0.1) is 11.3 Å². The summed E-state index contributed by atoms with van der Waals surface area (Å²) in [4.78, 5) is 0. The summed E-state index contributed by atoms with van der Waals surface area (Å²) in [6.45, 7) is 1.82. The zero-order valence-electron chi connectivity index (χ0n) is 12.4. The molecule has 1 aromatic heterocycles. The minimum absolute atomic E-state index is 0.434. The van der Waals surface area contributed by atoms with Crippen LogP contribution in [0.15, 0.2) is 57.0 Å². The highest BCUT2D eigenvalue weighted by Gasteiger charge is 2.23. The molecule has 22 heavy (non-hydrogen) atoms. The topological polar surface area (TPSA) is 43.4 Å². The summed E-state index contributed by atoms with van der Waals surface area (Å²) in [5, 5.41) is 3.18. The van der Waals surface area contributed by atoms with E-state index in [1.807, 2.05) is 48.7 Å². The number of hydrogen-bond donors (Lipinski definition) is 0. The van der Waals surface area contributed by atoms with Gasteiger partial charge in [-0.3, -0.25) is 0 Å². The first-order chi connectivity index (χ1) is 10.5. The zero-order chi connectivity index (χ0) is 15.7. The lowest BCUT2D eigenvalue weighted by molar-refractivity contribution is 0.414. The first kappa shape index (κ1) is 15.1. The third-order valence-corrected chi connectivity index (χ3v) is 6.64. The highest BCUT2D eigenvalue weighted by molar-refractivity contribution is 7.96. The SMILES string of the molecule is COc1ccc(CC2=CC(C)=CS(=O)(=O)c3sccc32)cc1. The average molecular weight is 332 g/mol. The number of allylic oxidation sites excluding steroid dienone is 3. The van der Waals surface area contributed by atoms with Gasteiger partial charge in [-0.1, -0.05) is 18.2 Å². The zero-order valence-corrected chi connectivity index (χ0v) is 14.0. The third kappa shape index (κ3) is 2.87. The van der Waals surface area contributed by atoms with E-state index < -0.39 is 9.84 Å². The first-order valence-corrected chi connectivity index (χ1v) is 9.27. The molecule has 0 spiro atoms. The summed E-state index contributed by atoms with van der Waals surface area (Å²) in [5.41, 5.74) is 3.72. The Bertz CT molecular complexity index is 854. The van der Waals surface area contributed by atoms with E-state index in [1.165, 1.54) is 16.7 Å². The van der Waals surface area contributed by atoms with Crippen molar-refractivity contribution in [2.75, 3.05) is 7.11 Å². The molecule has 1 aliphatic rings. The Morgan fingerprint density at radius 1 is 1.14 bits per heavy atom. The van der Waals surface area contributed by atoms with Crippen LogP contribution < -0.4 is 4.74 Å². The van der Waals surface area contributed by atoms with Crippen molar-refractivity contribution in [1.82, 2.24) is 0 Å². The van der Waals surface area contributed by atoms with Crippen molar-refractivity contribution < 1.29 is 13.2 Å². The predicted molar refractivity (Wildman–Crippen MR) is 89.9 cm³/mol. The van der Waals surface area contributed by atoms with Crippen LogP contribution in [0.25, 0.3) is 5.57 Å². The van der Waals surface area contributed by atoms with Gasteiger partial charge in [-0.2, -0.15) is 0 Å². The van der Waals surface area contributed by atoms with Gasteiger partial charge in [0.05, 0.1) is 7.11 Å². The maximum absolute atomic E-state index is 12.3. The quantitative estimate of drug-likeness (QED) is 0.851. The molecule has 0 amide bonds. The van der Waals surface area contributed by atoms with E-state index in [2.05, 4.69) is 0 Å². The lowest BCUT2D eigenvalue weighted by Gasteiger charge is -2.08. The number of fused-ring (bicyclic) bond motifs is 1.